The molecule has 45 heavy (non-hydrogen) atoms. The van der Waals surface area contributed by atoms with Gasteiger partial charge in [0.15, 0.2) is 11.6 Å². The quantitative estimate of drug-likeness (QED) is 0.0489. The van der Waals surface area contributed by atoms with Crippen molar-refractivity contribution in [2.24, 2.45) is 10.1 Å². The van der Waals surface area contributed by atoms with E-state index in [-0.39, 0.29) is 18.9 Å². The number of ether oxygens (including phenoxy) is 2. The number of aliphatic hydroxyl groups excluding tert-OH is 1. The van der Waals surface area contributed by atoms with E-state index in [1.807, 2.05) is 66.7 Å². The number of rotatable bonds is 14. The van der Waals surface area contributed by atoms with Gasteiger partial charge in [-0.2, -0.15) is 0 Å². The zero-order chi connectivity index (χ0) is 31.5. The van der Waals surface area contributed by atoms with Crippen LogP contribution in [0.15, 0.2) is 113 Å². The summed E-state index contributed by atoms with van der Waals surface area (Å²) in [5.41, 5.74) is 17.2. The number of nitrogens with zero attached hydrogens (tertiary/aromatic N) is 4. The summed E-state index contributed by atoms with van der Waals surface area (Å²) in [6.07, 6.45) is 0.464. The lowest BCUT2D eigenvalue weighted by Crippen LogP contribution is -2.54. The van der Waals surface area contributed by atoms with Crippen LogP contribution in [0, 0.1) is 0 Å². The van der Waals surface area contributed by atoms with Gasteiger partial charge in [-0.3, -0.25) is 10.2 Å². The van der Waals surface area contributed by atoms with Gasteiger partial charge in [-0.15, -0.1) is 0 Å². The van der Waals surface area contributed by atoms with Gasteiger partial charge in [0.2, 0.25) is 5.90 Å². The molecular weight excluding hydrogens is 592 g/mol. The minimum absolute atomic E-state index is 0.0446. The molecule has 0 unspecified atom stereocenters. The van der Waals surface area contributed by atoms with Crippen molar-refractivity contribution < 1.29 is 19.4 Å². The number of hydrogen-bond acceptors (Lipinski definition) is 7. The second-order valence-corrected chi connectivity index (χ2v) is 10.9. The Kier molecular flexibility index (Phi) is 10.7. The number of aliphatic imine (C=N–C) groups is 1. The Morgan fingerprint density at radius 2 is 1.73 bits per heavy atom. The lowest BCUT2D eigenvalue weighted by Gasteiger charge is -2.31. The number of halogens is 1. The van der Waals surface area contributed by atoms with Gasteiger partial charge in [-0.05, 0) is 59.5 Å². The molecule has 4 aromatic carbocycles. The maximum Gasteiger partial charge on any atom is 0.266 e. The van der Waals surface area contributed by atoms with Crippen LogP contribution in [0.1, 0.15) is 34.8 Å². The summed E-state index contributed by atoms with van der Waals surface area (Å²) in [6, 6.07) is 31.4. The number of benzene rings is 4. The topological polar surface area (TPSA) is 141 Å². The Balaban J connectivity index is 1.50. The Morgan fingerprint density at radius 1 is 1.00 bits per heavy atom. The molecule has 1 aliphatic heterocycles. The molecule has 230 valence electrons. The van der Waals surface area contributed by atoms with Crippen LogP contribution in [0.4, 0.5) is 5.69 Å². The number of hydrazine groups is 1. The Hall–Kier alpha value is -4.86. The number of hydrogen-bond donors (Lipinski definition) is 3. The molecule has 10 nitrogen and oxygen atoms in total. The van der Waals surface area contributed by atoms with Gasteiger partial charge in [0.25, 0.3) is 5.91 Å². The van der Waals surface area contributed by atoms with E-state index in [9.17, 15) is 10.3 Å². The van der Waals surface area contributed by atoms with E-state index in [1.165, 1.54) is 0 Å². The highest BCUT2D eigenvalue weighted by atomic mass is 35.5. The van der Waals surface area contributed by atoms with Gasteiger partial charge >= 0.3 is 0 Å². The number of amides is 1. The van der Waals surface area contributed by atoms with Crippen molar-refractivity contribution in [1.29, 1.82) is 0 Å². The van der Waals surface area contributed by atoms with E-state index in [4.69, 9.17) is 31.2 Å². The maximum absolute atomic E-state index is 14.3. The van der Waals surface area contributed by atoms with E-state index < -0.39 is 17.6 Å². The second-order valence-electron chi connectivity index (χ2n) is 10.5. The minimum Gasteiger partial charge on any atom is -0.494 e. The summed E-state index contributed by atoms with van der Waals surface area (Å²) in [5, 5.41) is 13.6. The first-order valence-corrected chi connectivity index (χ1v) is 15.0. The van der Waals surface area contributed by atoms with Crippen molar-refractivity contribution in [2.75, 3.05) is 19.8 Å². The average molecular weight is 625 g/mol. The van der Waals surface area contributed by atoms with E-state index in [2.05, 4.69) is 20.9 Å². The van der Waals surface area contributed by atoms with Crippen LogP contribution in [-0.4, -0.2) is 42.2 Å². The number of carbonyl (C=O) groups is 1. The van der Waals surface area contributed by atoms with Crippen LogP contribution in [-0.2, 0) is 22.4 Å². The number of nitrogens with one attached hydrogen (secondary N) is 2. The lowest BCUT2D eigenvalue weighted by molar-refractivity contribution is -0.130. The zero-order valence-electron chi connectivity index (χ0n) is 24.5. The Bertz CT molecular complexity index is 1660. The molecule has 0 radical (unpaired) electrons. The molecule has 1 heterocycles. The van der Waals surface area contributed by atoms with Gasteiger partial charge in [-0.25, -0.2) is 10.4 Å². The molecule has 2 atom stereocenters. The monoisotopic (exact) mass is 624 g/mol. The van der Waals surface area contributed by atoms with Crippen LogP contribution in [0.3, 0.4) is 0 Å². The fraction of sp³-hybridized carbons (Fsp3) is 0.235. The molecule has 1 aliphatic rings. The summed E-state index contributed by atoms with van der Waals surface area (Å²) in [6.45, 7) is 0.893. The third kappa shape index (κ3) is 7.81. The van der Waals surface area contributed by atoms with Crippen molar-refractivity contribution in [1.82, 2.24) is 10.9 Å². The molecule has 3 N–H and O–H groups in total. The molecule has 0 spiro atoms. The fourth-order valence-corrected chi connectivity index (χ4v) is 5.25. The number of azide groups is 1. The maximum atomic E-state index is 14.3. The standard InChI is InChI=1S/C34H33ClN6O4/c35-27-15-11-24(12-16-27)19-20-37-40-33(43)34(23-25-7-2-1-3-8-25)31(29-9-4-5-10-30(29)39-41-36)45-32(38-34)26-13-17-28(18-14-26)44-22-6-21-42/h1-5,7-18,31,37,42H,6,19-23H2,(H,40,43)/t31-,34-/m0/s1. The summed E-state index contributed by atoms with van der Waals surface area (Å²) < 4.78 is 12.2. The molecule has 0 saturated carbocycles. The SMILES string of the molecule is [N-]=[N+]=Nc1ccccc1[C@@H]1OC(c2ccc(OCCCO)cc2)=N[C@]1(Cc1ccccc1)C(=O)NNCCc1ccc(Cl)cc1. The number of carbonyl (C=O) groups excluding carboxylic acids is 1. The van der Waals surface area contributed by atoms with Gasteiger partial charge in [-0.1, -0.05) is 83.4 Å². The normalized spacial score (nSPS) is 17.1. The highest BCUT2D eigenvalue weighted by Gasteiger charge is 2.54. The minimum atomic E-state index is -1.47. The molecule has 1 amide bonds. The summed E-state index contributed by atoms with van der Waals surface area (Å²) >= 11 is 6.02. The van der Waals surface area contributed by atoms with Crippen molar-refractivity contribution in [3.05, 3.63) is 141 Å². The van der Waals surface area contributed by atoms with Gasteiger partial charge in [0.1, 0.15) is 5.75 Å². The van der Waals surface area contributed by atoms with Crippen molar-refractivity contribution >= 4 is 29.1 Å². The first kappa shape index (κ1) is 31.6. The fourth-order valence-electron chi connectivity index (χ4n) is 5.12. The van der Waals surface area contributed by atoms with Crippen LogP contribution in [0.2, 0.25) is 5.02 Å². The zero-order valence-corrected chi connectivity index (χ0v) is 25.2. The molecule has 0 aromatic heterocycles. The third-order valence-electron chi connectivity index (χ3n) is 7.37. The molecule has 0 fully saturated rings. The highest BCUT2D eigenvalue weighted by Crippen LogP contribution is 2.45. The molecular formula is C34H33ClN6O4. The summed E-state index contributed by atoms with van der Waals surface area (Å²) in [5.74, 6) is 0.501. The summed E-state index contributed by atoms with van der Waals surface area (Å²) in [4.78, 5) is 22.4. The van der Waals surface area contributed by atoms with Gasteiger partial charge < -0.3 is 14.6 Å². The largest absolute Gasteiger partial charge is 0.494 e. The van der Waals surface area contributed by atoms with Crippen molar-refractivity contribution in [3.8, 4) is 5.75 Å². The van der Waals surface area contributed by atoms with Gasteiger partial charge in [0.05, 0.1) is 6.61 Å². The molecule has 0 saturated heterocycles. The molecule has 11 heteroatoms. The predicted octanol–water partition coefficient (Wildman–Crippen LogP) is 6.41. The van der Waals surface area contributed by atoms with E-state index in [1.54, 1.807) is 36.4 Å². The smallest absolute Gasteiger partial charge is 0.266 e. The van der Waals surface area contributed by atoms with Crippen LogP contribution in [0.5, 0.6) is 5.75 Å². The predicted molar refractivity (Wildman–Crippen MR) is 173 cm³/mol. The van der Waals surface area contributed by atoms with Crippen LogP contribution in [0.25, 0.3) is 10.4 Å². The molecule has 5 rings (SSSR count). The molecule has 0 aliphatic carbocycles. The van der Waals surface area contributed by atoms with Gasteiger partial charge in [0, 0.05) is 52.7 Å². The Labute approximate surface area is 266 Å². The van der Waals surface area contributed by atoms with E-state index >= 15 is 0 Å². The van der Waals surface area contributed by atoms with Crippen molar-refractivity contribution in [3.63, 3.8) is 0 Å². The van der Waals surface area contributed by atoms with E-state index in [0.717, 1.165) is 11.1 Å². The highest BCUT2D eigenvalue weighted by molar-refractivity contribution is 6.30. The van der Waals surface area contributed by atoms with Crippen LogP contribution >= 0.6 is 11.6 Å². The first-order chi connectivity index (χ1) is 22.0. The summed E-state index contributed by atoms with van der Waals surface area (Å²) in [7, 11) is 0. The van der Waals surface area contributed by atoms with Crippen LogP contribution < -0.4 is 15.6 Å². The third-order valence-corrected chi connectivity index (χ3v) is 7.62. The lowest BCUT2D eigenvalue weighted by atomic mass is 9.81. The van der Waals surface area contributed by atoms with E-state index in [0.29, 0.717) is 53.6 Å². The first-order valence-electron chi connectivity index (χ1n) is 14.6. The van der Waals surface area contributed by atoms with Crippen molar-refractivity contribution in [2.45, 2.75) is 30.9 Å². The second kappa shape index (κ2) is 15.2. The molecule has 4 aromatic rings. The number of aliphatic hydroxyl groups is 1. The molecule has 0 bridgehead atoms. The average Bonchev–Trinajstić information content (AvgIpc) is 3.45. The Morgan fingerprint density at radius 3 is 2.47 bits per heavy atom.